The molecule has 2 fully saturated rings. The zero-order chi connectivity index (χ0) is 21.1. The lowest BCUT2D eigenvalue weighted by molar-refractivity contribution is -0.136. The first-order valence-corrected chi connectivity index (χ1v) is 11.2. The van der Waals surface area contributed by atoms with Gasteiger partial charge in [-0.1, -0.05) is 36.4 Å². The highest BCUT2D eigenvalue weighted by molar-refractivity contribution is 5.79. The van der Waals surface area contributed by atoms with E-state index in [1.165, 1.54) is 16.7 Å². The summed E-state index contributed by atoms with van der Waals surface area (Å²) < 4.78 is 0. The highest BCUT2D eigenvalue weighted by atomic mass is 16.2. The monoisotopic (exact) mass is 406 g/mol. The molecule has 0 spiro atoms. The molecule has 2 aromatic rings. The first-order valence-electron chi connectivity index (χ1n) is 11.2. The van der Waals surface area contributed by atoms with Crippen LogP contribution in [0.5, 0.6) is 0 Å². The van der Waals surface area contributed by atoms with E-state index in [1.54, 1.807) is 0 Å². The number of likely N-dealkylation sites (N-methyl/N-ethyl adjacent to an activating group) is 1. The fraction of sp³-hybridized carbons (Fsp3) is 0.520. The molecule has 1 aromatic carbocycles. The molecule has 5 heteroatoms. The zero-order valence-corrected chi connectivity index (χ0v) is 18.6. The predicted octanol–water partition coefficient (Wildman–Crippen LogP) is 3.65. The summed E-state index contributed by atoms with van der Waals surface area (Å²) in [5, 5.41) is 0. The number of likely N-dealkylation sites (tertiary alicyclic amines) is 1. The van der Waals surface area contributed by atoms with Crippen molar-refractivity contribution in [3.63, 3.8) is 0 Å². The van der Waals surface area contributed by atoms with Crippen LogP contribution in [0.2, 0.25) is 0 Å². The number of hydrogen-bond acceptors (Lipinski definition) is 4. The maximum atomic E-state index is 13.2. The smallest absolute Gasteiger partial charge is 0.225 e. The summed E-state index contributed by atoms with van der Waals surface area (Å²) in [5.74, 6) is 1.54. The number of benzene rings is 1. The molecule has 1 amide bonds. The van der Waals surface area contributed by atoms with Crippen LogP contribution in [-0.2, 0) is 11.3 Å². The van der Waals surface area contributed by atoms with Crippen molar-refractivity contribution in [2.24, 2.45) is 5.92 Å². The molecule has 2 aliphatic rings. The van der Waals surface area contributed by atoms with Crippen LogP contribution in [0.15, 0.2) is 42.6 Å². The van der Waals surface area contributed by atoms with E-state index in [-0.39, 0.29) is 5.92 Å². The Balaban J connectivity index is 1.29. The third kappa shape index (κ3) is 4.67. The number of carbonyl (C=O) groups excluding carboxylic acids is 1. The maximum absolute atomic E-state index is 13.2. The Morgan fingerprint density at radius 1 is 1.10 bits per heavy atom. The summed E-state index contributed by atoms with van der Waals surface area (Å²) in [6.07, 6.45) is 4.84. The van der Waals surface area contributed by atoms with E-state index >= 15 is 0 Å². The van der Waals surface area contributed by atoms with Gasteiger partial charge in [0.05, 0.1) is 0 Å². The SMILES string of the molecule is Cc1cnc(N2CCC(C(=O)N(C)[C@@H]3CCN(Cc4ccccc4)C3)CC2)c(C)c1. The number of piperidine rings is 1. The number of aromatic nitrogens is 1. The molecule has 30 heavy (non-hydrogen) atoms. The number of aryl methyl sites for hydroxylation is 2. The lowest BCUT2D eigenvalue weighted by Crippen LogP contribution is -2.46. The average molecular weight is 407 g/mol. The quantitative estimate of drug-likeness (QED) is 0.760. The van der Waals surface area contributed by atoms with Crippen LogP contribution in [0.4, 0.5) is 5.82 Å². The van der Waals surface area contributed by atoms with E-state index in [0.717, 1.165) is 57.8 Å². The van der Waals surface area contributed by atoms with Gasteiger partial charge >= 0.3 is 0 Å². The van der Waals surface area contributed by atoms with Gasteiger partial charge in [0.15, 0.2) is 0 Å². The number of amides is 1. The van der Waals surface area contributed by atoms with Gasteiger partial charge in [0.2, 0.25) is 5.91 Å². The second-order valence-corrected chi connectivity index (χ2v) is 9.03. The first-order chi connectivity index (χ1) is 14.5. The zero-order valence-electron chi connectivity index (χ0n) is 18.6. The fourth-order valence-electron chi connectivity index (χ4n) is 4.96. The van der Waals surface area contributed by atoms with Crippen molar-refractivity contribution in [2.45, 2.75) is 45.7 Å². The first kappa shape index (κ1) is 20.9. The number of nitrogens with zero attached hydrogens (tertiary/aromatic N) is 4. The summed E-state index contributed by atoms with van der Waals surface area (Å²) in [6, 6.07) is 13.1. The standard InChI is InChI=1S/C25H34N4O/c1-19-15-20(2)24(26-16-19)29-13-9-22(10-14-29)25(30)27(3)23-11-12-28(18-23)17-21-7-5-4-6-8-21/h4-8,15-16,22-23H,9-14,17-18H2,1-3H3/t23-/m1/s1. The van der Waals surface area contributed by atoms with Crippen LogP contribution in [0.25, 0.3) is 0 Å². The Bertz CT molecular complexity index is 861. The Labute approximate surface area is 180 Å². The van der Waals surface area contributed by atoms with E-state index < -0.39 is 0 Å². The molecule has 0 aliphatic carbocycles. The maximum Gasteiger partial charge on any atom is 0.225 e. The van der Waals surface area contributed by atoms with Crippen molar-refractivity contribution in [3.8, 4) is 0 Å². The summed E-state index contributed by atoms with van der Waals surface area (Å²) >= 11 is 0. The number of anilines is 1. The highest BCUT2D eigenvalue weighted by Crippen LogP contribution is 2.27. The van der Waals surface area contributed by atoms with Gasteiger partial charge in [-0.25, -0.2) is 4.98 Å². The number of pyridine rings is 1. The molecular weight excluding hydrogens is 372 g/mol. The Morgan fingerprint density at radius 2 is 1.83 bits per heavy atom. The van der Waals surface area contributed by atoms with E-state index in [9.17, 15) is 4.79 Å². The number of hydrogen-bond donors (Lipinski definition) is 0. The van der Waals surface area contributed by atoms with Gasteiger partial charge in [0, 0.05) is 57.9 Å². The molecule has 0 unspecified atom stereocenters. The summed E-state index contributed by atoms with van der Waals surface area (Å²) in [4.78, 5) is 24.7. The van der Waals surface area contributed by atoms with Crippen LogP contribution >= 0.6 is 0 Å². The molecule has 0 radical (unpaired) electrons. The highest BCUT2D eigenvalue weighted by Gasteiger charge is 2.33. The molecule has 4 rings (SSSR count). The largest absolute Gasteiger partial charge is 0.356 e. The molecule has 1 atom stereocenters. The van der Waals surface area contributed by atoms with E-state index in [1.807, 2.05) is 18.1 Å². The lowest BCUT2D eigenvalue weighted by Gasteiger charge is -2.36. The second kappa shape index (κ2) is 9.17. The van der Waals surface area contributed by atoms with Gasteiger partial charge in [-0.15, -0.1) is 0 Å². The van der Waals surface area contributed by atoms with Crippen molar-refractivity contribution in [1.82, 2.24) is 14.8 Å². The number of carbonyl (C=O) groups is 1. The molecule has 160 valence electrons. The number of rotatable bonds is 5. The third-order valence-electron chi connectivity index (χ3n) is 6.72. The van der Waals surface area contributed by atoms with Gasteiger partial charge in [-0.3, -0.25) is 9.69 Å². The lowest BCUT2D eigenvalue weighted by atomic mass is 9.94. The van der Waals surface area contributed by atoms with Gasteiger partial charge in [-0.05, 0) is 49.8 Å². The molecule has 3 heterocycles. The molecule has 0 N–H and O–H groups in total. The van der Waals surface area contributed by atoms with Crippen LogP contribution in [0.1, 0.15) is 36.0 Å². The van der Waals surface area contributed by atoms with Gasteiger partial charge < -0.3 is 9.80 Å². The minimum atomic E-state index is 0.139. The van der Waals surface area contributed by atoms with Crippen LogP contribution in [0, 0.1) is 19.8 Å². The van der Waals surface area contributed by atoms with Crippen molar-refractivity contribution in [2.75, 3.05) is 38.1 Å². The van der Waals surface area contributed by atoms with Crippen molar-refractivity contribution >= 4 is 11.7 Å². The molecule has 0 bridgehead atoms. The van der Waals surface area contributed by atoms with E-state index in [4.69, 9.17) is 0 Å². The van der Waals surface area contributed by atoms with Crippen LogP contribution in [0.3, 0.4) is 0 Å². The van der Waals surface area contributed by atoms with Crippen LogP contribution in [-0.4, -0.2) is 60.0 Å². The Morgan fingerprint density at radius 3 is 2.53 bits per heavy atom. The molecule has 5 nitrogen and oxygen atoms in total. The molecule has 2 saturated heterocycles. The predicted molar refractivity (Wildman–Crippen MR) is 122 cm³/mol. The molecule has 2 aliphatic heterocycles. The summed E-state index contributed by atoms with van der Waals surface area (Å²) in [5.41, 5.74) is 3.77. The Kier molecular flexibility index (Phi) is 6.38. The molecule has 0 saturated carbocycles. The van der Waals surface area contributed by atoms with Gasteiger partial charge in [0.25, 0.3) is 0 Å². The summed E-state index contributed by atoms with van der Waals surface area (Å²) in [6.45, 7) is 9.03. The third-order valence-corrected chi connectivity index (χ3v) is 6.72. The van der Waals surface area contributed by atoms with Gasteiger partial charge in [-0.2, -0.15) is 0 Å². The van der Waals surface area contributed by atoms with Crippen molar-refractivity contribution in [3.05, 3.63) is 59.3 Å². The van der Waals surface area contributed by atoms with Crippen molar-refractivity contribution < 1.29 is 4.79 Å². The molecule has 1 aromatic heterocycles. The van der Waals surface area contributed by atoms with Crippen LogP contribution < -0.4 is 4.90 Å². The minimum absolute atomic E-state index is 0.139. The fourth-order valence-corrected chi connectivity index (χ4v) is 4.96. The van der Waals surface area contributed by atoms with E-state index in [2.05, 4.69) is 65.0 Å². The van der Waals surface area contributed by atoms with Crippen molar-refractivity contribution in [1.29, 1.82) is 0 Å². The minimum Gasteiger partial charge on any atom is -0.356 e. The second-order valence-electron chi connectivity index (χ2n) is 9.03. The topological polar surface area (TPSA) is 39.7 Å². The van der Waals surface area contributed by atoms with E-state index in [0.29, 0.717) is 11.9 Å². The van der Waals surface area contributed by atoms with Gasteiger partial charge in [0.1, 0.15) is 5.82 Å². The normalized spacial score (nSPS) is 20.5. The molecular formula is C25H34N4O. The average Bonchev–Trinajstić information content (AvgIpc) is 3.22. The summed E-state index contributed by atoms with van der Waals surface area (Å²) in [7, 11) is 2.01. The Hall–Kier alpha value is -2.40.